The summed E-state index contributed by atoms with van der Waals surface area (Å²) in [5.74, 6) is 0. The number of aliphatic hydroxyl groups is 1. The molecule has 1 aromatic carbocycles. The molecule has 4 nitrogen and oxygen atoms in total. The van der Waals surface area contributed by atoms with Crippen molar-refractivity contribution in [3.63, 3.8) is 0 Å². The van der Waals surface area contributed by atoms with Crippen LogP contribution in [0.3, 0.4) is 0 Å². The van der Waals surface area contributed by atoms with Crippen LogP contribution in [0.5, 0.6) is 0 Å². The molecular formula is C23H27N3O. The average Bonchev–Trinajstić information content (AvgIpc) is 3.25. The molecule has 27 heavy (non-hydrogen) atoms. The Morgan fingerprint density at radius 3 is 2.96 bits per heavy atom. The quantitative estimate of drug-likeness (QED) is 0.768. The molecule has 2 unspecified atom stereocenters. The lowest BCUT2D eigenvalue weighted by atomic mass is 9.95. The highest BCUT2D eigenvalue weighted by Gasteiger charge is 2.36. The lowest BCUT2D eigenvalue weighted by molar-refractivity contribution is 0.0380. The zero-order valence-corrected chi connectivity index (χ0v) is 16.2. The van der Waals surface area contributed by atoms with E-state index in [0.29, 0.717) is 12.6 Å². The lowest BCUT2D eigenvalue weighted by Crippen LogP contribution is -2.33. The monoisotopic (exact) mass is 361 g/mol. The van der Waals surface area contributed by atoms with Gasteiger partial charge in [0, 0.05) is 53.6 Å². The maximum absolute atomic E-state index is 11.3. The number of fused-ring (bicyclic) bond motifs is 5. The van der Waals surface area contributed by atoms with E-state index in [4.69, 9.17) is 0 Å². The predicted molar refractivity (Wildman–Crippen MR) is 108 cm³/mol. The Balaban J connectivity index is 1.67. The highest BCUT2D eigenvalue weighted by atomic mass is 16.3. The standard InChI is InChI=1S/C23H27N3O/c1-16-7-8-19-18(13-16)22-20-6-4-11-25(20)12-9-21(22)26(19)15-23(2,27)17-5-3-10-24-14-17/h3,5,7-8,10,13-14,20,27H,4,6,9,11-12,15H2,1-2H3. The first-order valence-electron chi connectivity index (χ1n) is 10.0. The minimum Gasteiger partial charge on any atom is -0.384 e. The third-order valence-corrected chi connectivity index (χ3v) is 6.45. The summed E-state index contributed by atoms with van der Waals surface area (Å²) in [4.78, 5) is 6.86. The van der Waals surface area contributed by atoms with Gasteiger partial charge in [0.25, 0.3) is 0 Å². The van der Waals surface area contributed by atoms with Gasteiger partial charge < -0.3 is 9.67 Å². The molecule has 0 radical (unpaired) electrons. The first kappa shape index (κ1) is 17.0. The van der Waals surface area contributed by atoms with Crippen LogP contribution in [-0.4, -0.2) is 32.6 Å². The highest BCUT2D eigenvalue weighted by Crippen LogP contribution is 2.43. The molecule has 0 saturated carbocycles. The summed E-state index contributed by atoms with van der Waals surface area (Å²) >= 11 is 0. The summed E-state index contributed by atoms with van der Waals surface area (Å²) in [6.07, 6.45) is 7.13. The van der Waals surface area contributed by atoms with Crippen molar-refractivity contribution in [3.8, 4) is 0 Å². The van der Waals surface area contributed by atoms with Crippen molar-refractivity contribution in [1.29, 1.82) is 0 Å². The molecule has 1 saturated heterocycles. The van der Waals surface area contributed by atoms with Crippen LogP contribution >= 0.6 is 0 Å². The van der Waals surface area contributed by atoms with Gasteiger partial charge in [-0.1, -0.05) is 17.7 Å². The Labute approximate surface area is 160 Å². The highest BCUT2D eigenvalue weighted by molar-refractivity contribution is 5.87. The molecule has 0 aliphatic carbocycles. The van der Waals surface area contributed by atoms with Crippen LogP contribution in [0.15, 0.2) is 42.7 Å². The predicted octanol–water partition coefficient (Wildman–Crippen LogP) is 3.95. The number of benzene rings is 1. The van der Waals surface area contributed by atoms with Crippen LogP contribution in [0, 0.1) is 6.92 Å². The number of rotatable bonds is 3. The average molecular weight is 361 g/mol. The third-order valence-electron chi connectivity index (χ3n) is 6.45. The summed E-state index contributed by atoms with van der Waals surface area (Å²) in [5, 5.41) is 12.7. The number of hydrogen-bond acceptors (Lipinski definition) is 3. The fourth-order valence-electron chi connectivity index (χ4n) is 5.12. The van der Waals surface area contributed by atoms with Crippen LogP contribution in [0.4, 0.5) is 0 Å². The molecule has 5 rings (SSSR count). The molecule has 4 heteroatoms. The maximum atomic E-state index is 11.3. The van der Waals surface area contributed by atoms with E-state index in [2.05, 4.69) is 39.6 Å². The summed E-state index contributed by atoms with van der Waals surface area (Å²) < 4.78 is 2.38. The minimum absolute atomic E-state index is 0.544. The van der Waals surface area contributed by atoms with Gasteiger partial charge in [0.2, 0.25) is 0 Å². The molecule has 2 aliphatic rings. The van der Waals surface area contributed by atoms with Crippen LogP contribution in [0.2, 0.25) is 0 Å². The number of aromatic nitrogens is 2. The molecule has 4 heterocycles. The molecule has 2 atom stereocenters. The molecule has 1 N–H and O–H groups in total. The molecule has 0 amide bonds. The topological polar surface area (TPSA) is 41.3 Å². The van der Waals surface area contributed by atoms with E-state index in [-0.39, 0.29) is 0 Å². The normalized spacial score (nSPS) is 21.8. The van der Waals surface area contributed by atoms with E-state index in [1.165, 1.54) is 47.1 Å². The van der Waals surface area contributed by atoms with Crippen molar-refractivity contribution < 1.29 is 5.11 Å². The van der Waals surface area contributed by atoms with Crippen molar-refractivity contribution >= 4 is 10.9 Å². The lowest BCUT2D eigenvalue weighted by Gasteiger charge is -2.32. The van der Waals surface area contributed by atoms with Crippen molar-refractivity contribution in [1.82, 2.24) is 14.5 Å². The Kier molecular flexibility index (Phi) is 3.88. The van der Waals surface area contributed by atoms with Crippen molar-refractivity contribution in [3.05, 3.63) is 65.1 Å². The van der Waals surface area contributed by atoms with E-state index in [1.54, 1.807) is 12.4 Å². The minimum atomic E-state index is -0.953. The van der Waals surface area contributed by atoms with Gasteiger partial charge in [-0.25, -0.2) is 0 Å². The molecule has 1 fully saturated rings. The number of aryl methyl sites for hydroxylation is 1. The van der Waals surface area contributed by atoms with Crippen molar-refractivity contribution in [2.45, 2.75) is 51.3 Å². The molecule has 2 aliphatic heterocycles. The van der Waals surface area contributed by atoms with Gasteiger partial charge >= 0.3 is 0 Å². The number of hydrogen-bond donors (Lipinski definition) is 1. The molecule has 0 bridgehead atoms. The zero-order chi connectivity index (χ0) is 18.6. The summed E-state index contributed by atoms with van der Waals surface area (Å²) in [5.41, 5.74) is 5.40. The second kappa shape index (κ2) is 6.18. The van der Waals surface area contributed by atoms with E-state index in [1.807, 2.05) is 19.1 Å². The Morgan fingerprint density at radius 2 is 2.15 bits per heavy atom. The van der Waals surface area contributed by atoms with Crippen molar-refractivity contribution in [2.75, 3.05) is 13.1 Å². The van der Waals surface area contributed by atoms with Crippen LogP contribution in [-0.2, 0) is 18.6 Å². The Hall–Kier alpha value is -2.17. The van der Waals surface area contributed by atoms with Gasteiger partial charge in [-0.3, -0.25) is 9.88 Å². The smallest absolute Gasteiger partial charge is 0.106 e. The van der Waals surface area contributed by atoms with E-state index in [0.717, 1.165) is 18.5 Å². The molecule has 2 aromatic heterocycles. The van der Waals surface area contributed by atoms with Gasteiger partial charge in [0.1, 0.15) is 5.60 Å². The first-order chi connectivity index (χ1) is 13.0. The molecule has 0 spiro atoms. The first-order valence-corrected chi connectivity index (χ1v) is 10.0. The van der Waals surface area contributed by atoms with Gasteiger partial charge in [-0.2, -0.15) is 0 Å². The number of nitrogens with zero attached hydrogens (tertiary/aromatic N) is 3. The van der Waals surface area contributed by atoms with Crippen molar-refractivity contribution in [2.24, 2.45) is 0 Å². The van der Waals surface area contributed by atoms with Crippen LogP contribution in [0.25, 0.3) is 10.9 Å². The van der Waals surface area contributed by atoms with E-state index >= 15 is 0 Å². The Bertz CT molecular complexity index is 990. The fourth-order valence-corrected chi connectivity index (χ4v) is 5.12. The third kappa shape index (κ3) is 2.70. The Morgan fingerprint density at radius 1 is 1.26 bits per heavy atom. The second-order valence-corrected chi connectivity index (χ2v) is 8.43. The SMILES string of the molecule is Cc1ccc2c(c1)c1c(n2CC(C)(O)c2cccnc2)CCN2CCCC12. The van der Waals surface area contributed by atoms with Gasteiger partial charge in [-0.05, 0) is 57.0 Å². The summed E-state index contributed by atoms with van der Waals surface area (Å²) in [6.45, 7) is 6.98. The largest absolute Gasteiger partial charge is 0.384 e. The molecular weight excluding hydrogens is 334 g/mol. The zero-order valence-electron chi connectivity index (χ0n) is 16.2. The summed E-state index contributed by atoms with van der Waals surface area (Å²) in [6, 6.07) is 11.2. The van der Waals surface area contributed by atoms with Crippen LogP contribution in [0.1, 0.15) is 48.2 Å². The second-order valence-electron chi connectivity index (χ2n) is 8.43. The van der Waals surface area contributed by atoms with Gasteiger partial charge in [0.05, 0.1) is 6.54 Å². The number of pyridine rings is 1. The molecule has 3 aromatic rings. The van der Waals surface area contributed by atoms with Gasteiger partial charge in [-0.15, -0.1) is 0 Å². The molecule has 140 valence electrons. The van der Waals surface area contributed by atoms with E-state index < -0.39 is 5.60 Å². The summed E-state index contributed by atoms with van der Waals surface area (Å²) in [7, 11) is 0. The van der Waals surface area contributed by atoms with Gasteiger partial charge in [0.15, 0.2) is 0 Å². The van der Waals surface area contributed by atoms with Crippen LogP contribution < -0.4 is 0 Å². The van der Waals surface area contributed by atoms with E-state index in [9.17, 15) is 5.11 Å². The fraction of sp³-hybridized carbons (Fsp3) is 0.435. The maximum Gasteiger partial charge on any atom is 0.106 e.